The fraction of sp³-hybridized carbons (Fsp3) is 0.628. The van der Waals surface area contributed by atoms with Crippen LogP contribution in [0.3, 0.4) is 0 Å². The molecule has 2 aliphatic heterocycles. The van der Waals surface area contributed by atoms with Crippen LogP contribution in [0.15, 0.2) is 36.4 Å². The van der Waals surface area contributed by atoms with Crippen LogP contribution in [0.5, 0.6) is 0 Å². The highest BCUT2D eigenvalue weighted by Gasteiger charge is 2.56. The number of primary amides is 1. The van der Waals surface area contributed by atoms with E-state index in [0.29, 0.717) is 44.3 Å². The first-order valence-corrected chi connectivity index (χ1v) is 21.3. The summed E-state index contributed by atoms with van der Waals surface area (Å²) < 4.78 is 17.5. The third-order valence-electron chi connectivity index (χ3n) is 10.5. The van der Waals surface area contributed by atoms with Crippen molar-refractivity contribution in [2.45, 2.75) is 142 Å². The Hall–Kier alpha value is -5.56. The summed E-state index contributed by atoms with van der Waals surface area (Å²) in [6.45, 7) is 13.1. The van der Waals surface area contributed by atoms with Crippen molar-refractivity contribution in [2.24, 2.45) is 17.6 Å². The van der Waals surface area contributed by atoms with Crippen LogP contribution in [0.25, 0.3) is 0 Å². The first-order valence-electron chi connectivity index (χ1n) is 21.3. The van der Waals surface area contributed by atoms with E-state index in [2.05, 4.69) is 31.9 Å². The number of rotatable bonds is 21. The summed E-state index contributed by atoms with van der Waals surface area (Å²) in [6, 6.07) is 3.37. The quantitative estimate of drug-likeness (QED) is 0.0696. The van der Waals surface area contributed by atoms with Gasteiger partial charge in [-0.2, -0.15) is 0 Å². The van der Waals surface area contributed by atoms with E-state index < -0.39 is 83.4 Å². The molecule has 6 atom stereocenters. The third kappa shape index (κ3) is 15.1. The number of ether oxygens (including phenoxy) is 3. The average molecular weight is 869 g/mol. The number of nitrogens with two attached hydrogens (primary N) is 1. The SMILES string of the molecule is CC(C)[C@@H](NC(=O)C1C[C@@H]2OC(C)(C)O[C@@H]2[C@@H]1NC(=O)CCCCCN1C(=O)C=CC1=O)C(=O)NC(CCCNC(N)=O)C(=O)Nc1ccc(CCNC(=O)OC(C)(C)C)cc1. The first-order chi connectivity index (χ1) is 29.1. The van der Waals surface area contributed by atoms with Gasteiger partial charge in [0, 0.05) is 43.9 Å². The molecule has 3 aliphatic rings. The molecule has 1 aromatic rings. The van der Waals surface area contributed by atoms with Crippen molar-refractivity contribution in [3.63, 3.8) is 0 Å². The number of nitrogens with one attached hydrogen (secondary N) is 6. The lowest BCUT2D eigenvalue weighted by atomic mass is 9.97. The number of hydrogen-bond acceptors (Lipinski definition) is 11. The fourth-order valence-corrected chi connectivity index (χ4v) is 7.52. The van der Waals surface area contributed by atoms with E-state index in [4.69, 9.17) is 19.9 Å². The molecule has 2 unspecified atom stereocenters. The van der Waals surface area contributed by atoms with Crippen LogP contribution in [0.1, 0.15) is 99.0 Å². The zero-order chi connectivity index (χ0) is 45.8. The van der Waals surface area contributed by atoms with Gasteiger partial charge in [-0.3, -0.25) is 33.7 Å². The second kappa shape index (κ2) is 22.0. The summed E-state index contributed by atoms with van der Waals surface area (Å²) in [4.78, 5) is 103. The molecular formula is C43H64N8O11. The molecule has 1 aliphatic carbocycles. The van der Waals surface area contributed by atoms with Crippen molar-refractivity contribution in [2.75, 3.05) is 25.0 Å². The van der Waals surface area contributed by atoms with E-state index in [0.717, 1.165) is 10.5 Å². The monoisotopic (exact) mass is 868 g/mol. The molecule has 1 saturated heterocycles. The number of anilines is 1. The van der Waals surface area contributed by atoms with Gasteiger partial charge in [0.25, 0.3) is 11.8 Å². The highest BCUT2D eigenvalue weighted by atomic mass is 16.8. The molecule has 4 rings (SSSR count). The molecule has 8 N–H and O–H groups in total. The molecule has 2 fully saturated rings. The Morgan fingerprint density at radius 1 is 0.887 bits per heavy atom. The average Bonchev–Trinajstić information content (AvgIpc) is 3.78. The zero-order valence-electron chi connectivity index (χ0n) is 36.8. The number of fused-ring (bicyclic) bond motifs is 1. The van der Waals surface area contributed by atoms with E-state index in [9.17, 15) is 38.4 Å². The van der Waals surface area contributed by atoms with Gasteiger partial charge in [-0.05, 0) is 96.8 Å². The van der Waals surface area contributed by atoms with Gasteiger partial charge in [-0.15, -0.1) is 0 Å². The molecule has 2 heterocycles. The molecule has 0 radical (unpaired) electrons. The van der Waals surface area contributed by atoms with E-state index in [1.54, 1.807) is 72.7 Å². The van der Waals surface area contributed by atoms with E-state index >= 15 is 0 Å². The number of carbonyl (C=O) groups is 8. The maximum Gasteiger partial charge on any atom is 0.407 e. The molecule has 342 valence electrons. The third-order valence-corrected chi connectivity index (χ3v) is 10.5. The van der Waals surface area contributed by atoms with E-state index in [-0.39, 0.29) is 50.1 Å². The summed E-state index contributed by atoms with van der Waals surface area (Å²) in [5.41, 5.74) is 5.96. The molecule has 1 saturated carbocycles. The molecule has 19 nitrogen and oxygen atoms in total. The van der Waals surface area contributed by atoms with Gasteiger partial charge in [0.05, 0.1) is 18.1 Å². The smallest absolute Gasteiger partial charge is 0.407 e. The van der Waals surface area contributed by atoms with Crippen LogP contribution >= 0.6 is 0 Å². The van der Waals surface area contributed by atoms with Crippen LogP contribution in [-0.4, -0.2) is 114 Å². The van der Waals surface area contributed by atoms with E-state index in [1.165, 1.54) is 12.2 Å². The van der Waals surface area contributed by atoms with Crippen molar-refractivity contribution in [3.05, 3.63) is 42.0 Å². The highest BCUT2D eigenvalue weighted by Crippen LogP contribution is 2.41. The van der Waals surface area contributed by atoms with E-state index in [1.807, 2.05) is 0 Å². The van der Waals surface area contributed by atoms with Gasteiger partial charge in [0.2, 0.25) is 23.6 Å². The largest absolute Gasteiger partial charge is 0.444 e. The summed E-state index contributed by atoms with van der Waals surface area (Å²) in [7, 11) is 0. The van der Waals surface area contributed by atoms with Crippen molar-refractivity contribution < 1.29 is 52.6 Å². The Kier molecular flexibility index (Phi) is 17.4. The van der Waals surface area contributed by atoms with Crippen molar-refractivity contribution in [3.8, 4) is 0 Å². The second-order valence-corrected chi connectivity index (χ2v) is 17.6. The molecule has 9 amide bonds. The number of carbonyl (C=O) groups excluding carboxylic acids is 8. The minimum atomic E-state index is -1.07. The topological polar surface area (TPSA) is 266 Å². The van der Waals surface area contributed by atoms with Crippen molar-refractivity contribution >= 4 is 53.3 Å². The van der Waals surface area contributed by atoms with Gasteiger partial charge in [0.15, 0.2) is 5.79 Å². The number of urea groups is 1. The van der Waals surface area contributed by atoms with Crippen LogP contribution in [-0.2, 0) is 49.4 Å². The second-order valence-electron chi connectivity index (χ2n) is 17.6. The molecule has 0 spiro atoms. The number of benzene rings is 1. The van der Waals surface area contributed by atoms with Gasteiger partial charge >= 0.3 is 12.1 Å². The molecular weight excluding hydrogens is 805 g/mol. The summed E-state index contributed by atoms with van der Waals surface area (Å²) >= 11 is 0. The number of amides is 9. The normalized spacial score (nSPS) is 21.2. The van der Waals surface area contributed by atoms with Crippen molar-refractivity contribution in [1.82, 2.24) is 31.5 Å². The molecule has 0 aromatic heterocycles. The highest BCUT2D eigenvalue weighted by molar-refractivity contribution is 6.12. The Labute approximate surface area is 362 Å². The maximum absolute atomic E-state index is 14.1. The molecule has 0 bridgehead atoms. The van der Waals surface area contributed by atoms with Crippen LogP contribution in [0.4, 0.5) is 15.3 Å². The first kappa shape index (κ1) is 49.1. The van der Waals surface area contributed by atoms with Crippen LogP contribution in [0, 0.1) is 11.8 Å². The van der Waals surface area contributed by atoms with Gasteiger partial charge in [-0.1, -0.05) is 32.4 Å². The molecule has 62 heavy (non-hydrogen) atoms. The minimum absolute atomic E-state index is 0.126. The summed E-state index contributed by atoms with van der Waals surface area (Å²) in [6.07, 6.45) is 3.73. The predicted molar refractivity (Wildman–Crippen MR) is 227 cm³/mol. The van der Waals surface area contributed by atoms with Crippen molar-refractivity contribution in [1.29, 1.82) is 0 Å². The lowest BCUT2D eigenvalue weighted by Crippen LogP contribution is -2.57. The maximum atomic E-state index is 14.1. The molecule has 19 heteroatoms. The van der Waals surface area contributed by atoms with Crippen LogP contribution < -0.4 is 37.6 Å². The number of imide groups is 1. The lowest BCUT2D eigenvalue weighted by molar-refractivity contribution is -0.161. The predicted octanol–water partition coefficient (Wildman–Crippen LogP) is 2.28. The fourth-order valence-electron chi connectivity index (χ4n) is 7.52. The zero-order valence-corrected chi connectivity index (χ0v) is 36.8. The Bertz CT molecular complexity index is 1810. The number of nitrogens with zero attached hydrogens (tertiary/aromatic N) is 1. The van der Waals surface area contributed by atoms with Gasteiger partial charge < -0.3 is 51.8 Å². The summed E-state index contributed by atoms with van der Waals surface area (Å²) in [5, 5.41) is 16.7. The lowest BCUT2D eigenvalue weighted by Gasteiger charge is -2.30. The Morgan fingerprint density at radius 3 is 2.19 bits per heavy atom. The van der Waals surface area contributed by atoms with Gasteiger partial charge in [-0.25, -0.2) is 9.59 Å². The molecule has 1 aromatic carbocycles. The number of hydrogen-bond donors (Lipinski definition) is 7. The minimum Gasteiger partial charge on any atom is -0.444 e. The Balaban J connectivity index is 1.37. The number of unbranched alkanes of at least 4 members (excludes halogenated alkanes) is 2. The van der Waals surface area contributed by atoms with Gasteiger partial charge in [0.1, 0.15) is 23.8 Å². The summed E-state index contributed by atoms with van der Waals surface area (Å²) in [5.74, 6) is -4.81. The standard InChI is InChI=1S/C43H64N8O11/c1-25(2)34(39(57)48-29(12-11-21-45-40(44)58)38(56)47-27-16-14-26(15-17-27)20-22-46-41(59)62-42(3,4)5)50-37(55)28-24-30-36(61-43(6,7)60-30)35(28)49-31(52)13-9-8-10-23-51-32(53)18-19-33(51)54/h14-19,25,28-30,34-36H,8-13,20-24H2,1-7H3,(H,46,59)(H,47,56)(H,48,57)(H,49,52)(H,50,55)(H3,44,45,58)/t28?,29?,30-,34+,35+,36-/m0/s1. The number of alkyl carbamates (subject to hydrolysis) is 1. The van der Waals surface area contributed by atoms with Crippen LogP contribution in [0.2, 0.25) is 0 Å². The Morgan fingerprint density at radius 2 is 1.56 bits per heavy atom.